The maximum atomic E-state index is 10.6. The van der Waals surface area contributed by atoms with E-state index in [-0.39, 0.29) is 43.1 Å². The number of hydrogen-bond acceptors (Lipinski definition) is 5. The molecule has 1 aliphatic heterocycles. The summed E-state index contributed by atoms with van der Waals surface area (Å²) in [7, 11) is 0. The van der Waals surface area contributed by atoms with Crippen molar-refractivity contribution in [2.45, 2.75) is 32.2 Å². The smallest absolute Gasteiger partial charge is 0.317 e. The van der Waals surface area contributed by atoms with E-state index in [1.807, 2.05) is 18.2 Å². The Morgan fingerprint density at radius 2 is 2.00 bits per heavy atom. The fourth-order valence-corrected chi connectivity index (χ4v) is 3.01. The number of amides is 2. The number of fused-ring (bicyclic) bond motifs is 1. The lowest BCUT2D eigenvalue weighted by molar-refractivity contribution is 0.252. The van der Waals surface area contributed by atoms with Gasteiger partial charge in [0.1, 0.15) is 17.4 Å². The minimum atomic E-state index is -0.708. The number of aromatic nitrogens is 2. The molecule has 0 aliphatic carbocycles. The van der Waals surface area contributed by atoms with E-state index < -0.39 is 6.03 Å². The molecule has 0 spiro atoms. The molecule has 1 aromatic heterocycles. The highest BCUT2D eigenvalue weighted by atomic mass is 35.5. The molecule has 0 saturated carbocycles. The summed E-state index contributed by atoms with van der Waals surface area (Å²) in [6.45, 7) is 3.61. The van der Waals surface area contributed by atoms with Gasteiger partial charge in [-0.25, -0.2) is 9.78 Å². The Labute approximate surface area is 182 Å². The third-order valence-electron chi connectivity index (χ3n) is 4.19. The normalized spacial score (nSPS) is 13.1. The average Bonchev–Trinajstić information content (AvgIpc) is 3.19. The van der Waals surface area contributed by atoms with Gasteiger partial charge in [-0.2, -0.15) is 0 Å². The Bertz CT molecular complexity index is 764. The molecule has 8 nitrogen and oxygen atoms in total. The van der Waals surface area contributed by atoms with E-state index in [1.54, 1.807) is 0 Å². The van der Waals surface area contributed by atoms with Gasteiger partial charge in [-0.1, -0.05) is 0 Å². The number of amidine groups is 1. The maximum absolute atomic E-state index is 10.6. The number of nitrogens with zero attached hydrogens (tertiary/aromatic N) is 2. The SMILES string of the molecule is Cl.Cl.Cl.N=C(CCCOc1ccc2nc(CN3CCCC3)[nH]c2c1)NC(N)=O. The number of carbonyl (C=O) groups excluding carboxylic acids is 1. The third-order valence-corrected chi connectivity index (χ3v) is 4.19. The van der Waals surface area contributed by atoms with Crippen molar-refractivity contribution in [3.63, 3.8) is 0 Å². The van der Waals surface area contributed by atoms with E-state index in [4.69, 9.17) is 15.9 Å². The topological polar surface area (TPSA) is 120 Å². The van der Waals surface area contributed by atoms with E-state index in [2.05, 4.69) is 20.2 Å². The number of nitrogens with one attached hydrogen (secondary N) is 3. The molecule has 0 bridgehead atoms. The van der Waals surface area contributed by atoms with Gasteiger partial charge < -0.3 is 15.5 Å². The Hall–Kier alpha value is -1.74. The van der Waals surface area contributed by atoms with Crippen LogP contribution >= 0.6 is 37.2 Å². The number of H-pyrrole nitrogens is 1. The van der Waals surface area contributed by atoms with Crippen LogP contribution in [0.1, 0.15) is 31.5 Å². The molecule has 1 aromatic carbocycles. The van der Waals surface area contributed by atoms with E-state index in [0.29, 0.717) is 19.4 Å². The van der Waals surface area contributed by atoms with E-state index >= 15 is 0 Å². The van der Waals surface area contributed by atoms with Gasteiger partial charge in [-0.15, -0.1) is 37.2 Å². The van der Waals surface area contributed by atoms with Gasteiger partial charge in [0.05, 0.1) is 24.2 Å². The number of urea groups is 1. The van der Waals surface area contributed by atoms with Crippen molar-refractivity contribution >= 4 is 60.1 Å². The van der Waals surface area contributed by atoms with Crippen molar-refractivity contribution in [1.82, 2.24) is 20.2 Å². The van der Waals surface area contributed by atoms with Crippen LogP contribution in [0.5, 0.6) is 5.75 Å². The van der Waals surface area contributed by atoms with Crippen LogP contribution in [0.3, 0.4) is 0 Å². The molecule has 1 aliphatic rings. The van der Waals surface area contributed by atoms with Crippen molar-refractivity contribution in [2.24, 2.45) is 5.73 Å². The number of rotatable bonds is 7. The predicted octanol–water partition coefficient (Wildman–Crippen LogP) is 3.23. The number of ether oxygens (including phenoxy) is 1. The lowest BCUT2D eigenvalue weighted by Crippen LogP contribution is -2.34. The molecule has 0 atom stereocenters. The minimum absolute atomic E-state index is 0. The van der Waals surface area contributed by atoms with Gasteiger partial charge in [-0.05, 0) is 44.5 Å². The van der Waals surface area contributed by atoms with Gasteiger partial charge in [0.2, 0.25) is 0 Å². The van der Waals surface area contributed by atoms with Gasteiger partial charge in [-0.3, -0.25) is 15.6 Å². The summed E-state index contributed by atoms with van der Waals surface area (Å²) < 4.78 is 5.71. The maximum Gasteiger partial charge on any atom is 0.317 e. The summed E-state index contributed by atoms with van der Waals surface area (Å²) in [4.78, 5) is 21.0. The van der Waals surface area contributed by atoms with Crippen LogP contribution < -0.4 is 15.8 Å². The number of hydrogen-bond donors (Lipinski definition) is 4. The average molecular weight is 454 g/mol. The number of aromatic amines is 1. The Morgan fingerprint density at radius 3 is 2.68 bits per heavy atom. The number of likely N-dealkylation sites (tertiary alicyclic amines) is 1. The first-order valence-corrected chi connectivity index (χ1v) is 8.58. The molecule has 1 saturated heterocycles. The molecular weight excluding hydrogens is 427 g/mol. The molecule has 0 unspecified atom stereocenters. The molecule has 11 heteroatoms. The highest BCUT2D eigenvalue weighted by Crippen LogP contribution is 2.20. The number of halogens is 3. The second-order valence-corrected chi connectivity index (χ2v) is 6.27. The van der Waals surface area contributed by atoms with E-state index in [1.165, 1.54) is 12.8 Å². The number of benzene rings is 1. The molecule has 2 amide bonds. The zero-order valence-electron chi connectivity index (χ0n) is 15.4. The largest absolute Gasteiger partial charge is 0.494 e. The fourth-order valence-electron chi connectivity index (χ4n) is 3.01. The summed E-state index contributed by atoms with van der Waals surface area (Å²) in [5.74, 6) is 1.85. The zero-order valence-corrected chi connectivity index (χ0v) is 17.9. The number of carbonyl (C=O) groups is 1. The summed E-state index contributed by atoms with van der Waals surface area (Å²) in [6.07, 6.45) is 3.57. The van der Waals surface area contributed by atoms with Crippen LogP contribution in [-0.4, -0.2) is 46.4 Å². The first-order valence-electron chi connectivity index (χ1n) is 8.58. The molecule has 1 fully saturated rings. The number of imidazole rings is 1. The molecule has 0 radical (unpaired) electrons. The van der Waals surface area contributed by atoms with Crippen molar-refractivity contribution in [2.75, 3.05) is 19.7 Å². The van der Waals surface area contributed by atoms with Crippen molar-refractivity contribution < 1.29 is 9.53 Å². The number of nitrogens with two attached hydrogens (primary N) is 1. The predicted molar refractivity (Wildman–Crippen MR) is 118 cm³/mol. The Balaban J connectivity index is 0.00000243. The molecule has 2 heterocycles. The van der Waals surface area contributed by atoms with Crippen molar-refractivity contribution in [1.29, 1.82) is 5.41 Å². The molecular formula is C17H27Cl3N6O2. The summed E-state index contributed by atoms with van der Waals surface area (Å²) in [5.41, 5.74) is 6.87. The van der Waals surface area contributed by atoms with Crippen LogP contribution in [0.4, 0.5) is 4.79 Å². The second kappa shape index (κ2) is 12.7. The third kappa shape index (κ3) is 7.71. The van der Waals surface area contributed by atoms with Crippen molar-refractivity contribution in [3.05, 3.63) is 24.0 Å². The Morgan fingerprint density at radius 1 is 1.29 bits per heavy atom. The van der Waals surface area contributed by atoms with Gasteiger partial charge >= 0.3 is 6.03 Å². The fraction of sp³-hybridized carbons (Fsp3) is 0.471. The van der Waals surface area contributed by atoms with Crippen LogP contribution in [0, 0.1) is 5.41 Å². The van der Waals surface area contributed by atoms with Crippen LogP contribution in [0.2, 0.25) is 0 Å². The van der Waals surface area contributed by atoms with Crippen LogP contribution in [0.15, 0.2) is 18.2 Å². The van der Waals surface area contributed by atoms with E-state index in [9.17, 15) is 4.79 Å². The second-order valence-electron chi connectivity index (χ2n) is 6.27. The Kier molecular flexibility index (Phi) is 11.9. The quantitative estimate of drug-likeness (QED) is 0.292. The minimum Gasteiger partial charge on any atom is -0.494 e. The van der Waals surface area contributed by atoms with Crippen LogP contribution in [0.25, 0.3) is 11.0 Å². The molecule has 5 N–H and O–H groups in total. The highest BCUT2D eigenvalue weighted by molar-refractivity contribution is 5.94. The van der Waals surface area contributed by atoms with Crippen molar-refractivity contribution in [3.8, 4) is 5.75 Å². The number of primary amides is 1. The first-order chi connectivity index (χ1) is 12.1. The van der Waals surface area contributed by atoms with Gasteiger partial charge in [0, 0.05) is 12.5 Å². The zero-order chi connectivity index (χ0) is 17.6. The van der Waals surface area contributed by atoms with Gasteiger partial charge in [0.25, 0.3) is 0 Å². The molecule has 2 aromatic rings. The molecule has 158 valence electrons. The molecule has 3 rings (SSSR count). The lowest BCUT2D eigenvalue weighted by atomic mass is 10.3. The molecule has 28 heavy (non-hydrogen) atoms. The van der Waals surface area contributed by atoms with Gasteiger partial charge in [0.15, 0.2) is 0 Å². The monoisotopic (exact) mass is 452 g/mol. The summed E-state index contributed by atoms with van der Waals surface area (Å²) in [5, 5.41) is 9.77. The van der Waals surface area contributed by atoms with E-state index in [0.717, 1.165) is 42.2 Å². The standard InChI is InChI=1S/C17H24N6O2.3ClH/c18-15(22-17(19)24)4-3-9-25-12-5-6-13-14(10-12)21-16(20-13)11-23-7-1-2-8-23;;;/h5-6,10H,1-4,7-9,11H2,(H,20,21)(H4,18,19,22,24);3*1H. The first kappa shape index (κ1) is 26.3. The lowest BCUT2D eigenvalue weighted by Gasteiger charge is -2.11. The van der Waals surface area contributed by atoms with Crippen LogP contribution in [-0.2, 0) is 6.54 Å². The summed E-state index contributed by atoms with van der Waals surface area (Å²) in [6, 6.07) is 5.09. The summed E-state index contributed by atoms with van der Waals surface area (Å²) >= 11 is 0. The highest BCUT2D eigenvalue weighted by Gasteiger charge is 2.14.